The molecule has 3 amide bonds. The van der Waals surface area contributed by atoms with Crippen LogP contribution >= 0.6 is 11.8 Å². The second-order valence-electron chi connectivity index (χ2n) is 11.8. The molecule has 222 valence electrons. The minimum atomic E-state index is -0.704. The third-order valence-corrected chi connectivity index (χ3v) is 8.80. The van der Waals surface area contributed by atoms with E-state index in [-0.39, 0.29) is 37.1 Å². The number of likely N-dealkylation sites (tertiary alicyclic amines) is 1. The maximum atomic E-state index is 13.1. The van der Waals surface area contributed by atoms with Crippen LogP contribution in [0.25, 0.3) is 11.1 Å². The summed E-state index contributed by atoms with van der Waals surface area (Å²) in [6.07, 6.45) is 0.0406. The Labute approximate surface area is 250 Å². The predicted molar refractivity (Wildman–Crippen MR) is 159 cm³/mol. The van der Waals surface area contributed by atoms with Crippen LogP contribution in [0.15, 0.2) is 48.5 Å². The van der Waals surface area contributed by atoms with E-state index in [9.17, 15) is 19.6 Å². The summed E-state index contributed by atoms with van der Waals surface area (Å²) in [4.78, 5) is 42.1. The van der Waals surface area contributed by atoms with E-state index in [0.717, 1.165) is 11.1 Å². The Morgan fingerprint density at radius 2 is 1.67 bits per heavy atom. The lowest BCUT2D eigenvalue weighted by Gasteiger charge is -2.38. The summed E-state index contributed by atoms with van der Waals surface area (Å²) >= 11 is 1.53. The summed E-state index contributed by atoms with van der Waals surface area (Å²) in [7, 11) is 0. The van der Waals surface area contributed by atoms with Gasteiger partial charge in [-0.05, 0) is 55.9 Å². The molecular weight excluding hydrogens is 554 g/mol. The first-order valence-electron chi connectivity index (χ1n) is 14.3. The number of hydrogen-bond acceptors (Lipinski definition) is 8. The number of carbonyl (C=O) groups is 3. The molecule has 0 saturated carbocycles. The van der Waals surface area contributed by atoms with Crippen LogP contribution in [0.2, 0.25) is 0 Å². The molecule has 2 aromatic carbocycles. The Morgan fingerprint density at radius 3 is 2.26 bits per heavy atom. The van der Waals surface area contributed by atoms with Gasteiger partial charge in [-0.2, -0.15) is 5.26 Å². The molecule has 0 aromatic heterocycles. The molecule has 2 saturated heterocycles. The summed E-state index contributed by atoms with van der Waals surface area (Å²) in [5.41, 5.74) is 6.73. The molecule has 1 N–H and O–H groups in total. The maximum absolute atomic E-state index is 13.1. The smallest absolute Gasteiger partial charge is 0.422 e. The zero-order chi connectivity index (χ0) is 29.9. The lowest BCUT2D eigenvalue weighted by atomic mass is 9.98. The van der Waals surface area contributed by atoms with Crippen LogP contribution in [0, 0.1) is 11.3 Å². The molecule has 3 aliphatic rings. The van der Waals surface area contributed by atoms with E-state index in [1.54, 1.807) is 35.6 Å². The highest BCUT2D eigenvalue weighted by Crippen LogP contribution is 2.44. The molecule has 0 spiro atoms. The van der Waals surface area contributed by atoms with Gasteiger partial charge in [-0.3, -0.25) is 10.2 Å². The van der Waals surface area contributed by atoms with Crippen LogP contribution in [0.3, 0.4) is 0 Å². The van der Waals surface area contributed by atoms with Crippen molar-refractivity contribution in [2.45, 2.75) is 57.2 Å². The number of hydrogen-bond donors (Lipinski definition) is 1. The number of carbonyl (C=O) groups excluding carboxylic acids is 3. The molecule has 2 fully saturated rings. The Kier molecular flexibility index (Phi) is 8.94. The van der Waals surface area contributed by atoms with Crippen molar-refractivity contribution in [1.82, 2.24) is 20.2 Å². The Morgan fingerprint density at radius 1 is 1.05 bits per heavy atom. The number of nitrogens with zero attached hydrogens (tertiary/aromatic N) is 4. The first-order chi connectivity index (χ1) is 20.1. The molecule has 2 aliphatic heterocycles. The second kappa shape index (κ2) is 12.6. The van der Waals surface area contributed by atoms with Crippen LogP contribution in [0.4, 0.5) is 9.59 Å². The molecule has 1 unspecified atom stereocenters. The number of nitrogens with one attached hydrogen (secondary N) is 1. The van der Waals surface area contributed by atoms with Crippen LogP contribution < -0.4 is 5.43 Å². The highest BCUT2D eigenvalue weighted by atomic mass is 32.2. The van der Waals surface area contributed by atoms with E-state index >= 15 is 0 Å². The topological polar surface area (TPSA) is 115 Å². The summed E-state index contributed by atoms with van der Waals surface area (Å²) in [6, 6.07) is 17.9. The zero-order valence-corrected chi connectivity index (χ0v) is 25.1. The monoisotopic (exact) mass is 591 g/mol. The van der Waals surface area contributed by atoms with Crippen molar-refractivity contribution in [3.63, 3.8) is 0 Å². The number of thioether (sulfide) groups is 1. The number of rotatable bonds is 6. The predicted octanol–water partition coefficient (Wildman–Crippen LogP) is 4.57. The van der Waals surface area contributed by atoms with Crippen LogP contribution in [0.5, 0.6) is 0 Å². The zero-order valence-electron chi connectivity index (χ0n) is 24.2. The van der Waals surface area contributed by atoms with Gasteiger partial charge in [-0.15, -0.1) is 11.8 Å². The fourth-order valence-electron chi connectivity index (χ4n) is 5.76. The number of piperidine rings is 1. The van der Waals surface area contributed by atoms with E-state index in [4.69, 9.17) is 9.47 Å². The van der Waals surface area contributed by atoms with Crippen LogP contribution in [-0.4, -0.2) is 88.5 Å². The van der Waals surface area contributed by atoms with Crippen molar-refractivity contribution >= 4 is 29.9 Å². The molecule has 0 radical (unpaired) electrons. The van der Waals surface area contributed by atoms with Crippen molar-refractivity contribution in [2.24, 2.45) is 0 Å². The molecule has 2 aromatic rings. The number of hydrazine groups is 1. The molecule has 0 bridgehead atoms. The summed E-state index contributed by atoms with van der Waals surface area (Å²) in [5, 5.41) is 11.0. The van der Waals surface area contributed by atoms with Crippen molar-refractivity contribution in [3.8, 4) is 17.2 Å². The fourth-order valence-corrected chi connectivity index (χ4v) is 6.86. The molecule has 42 heavy (non-hydrogen) atoms. The van der Waals surface area contributed by atoms with Crippen LogP contribution in [-0.2, 0) is 14.3 Å². The third-order valence-electron chi connectivity index (χ3n) is 7.79. The minimum absolute atomic E-state index is 0.0144. The van der Waals surface area contributed by atoms with Crippen molar-refractivity contribution in [2.75, 3.05) is 37.9 Å². The summed E-state index contributed by atoms with van der Waals surface area (Å²) in [5.74, 6) is 0.763. The average molecular weight is 592 g/mol. The van der Waals surface area contributed by atoms with Gasteiger partial charge in [-0.1, -0.05) is 48.5 Å². The Bertz CT molecular complexity index is 1320. The van der Waals surface area contributed by atoms with Gasteiger partial charge in [0.25, 0.3) is 0 Å². The molecule has 2 heterocycles. The Balaban J connectivity index is 1.19. The van der Waals surface area contributed by atoms with E-state index < -0.39 is 17.7 Å². The van der Waals surface area contributed by atoms with E-state index in [1.807, 2.05) is 24.3 Å². The highest BCUT2D eigenvalue weighted by molar-refractivity contribution is 7.99. The van der Waals surface area contributed by atoms with Gasteiger partial charge in [0.2, 0.25) is 5.91 Å². The van der Waals surface area contributed by atoms with Gasteiger partial charge in [0.1, 0.15) is 18.2 Å². The first kappa shape index (κ1) is 29.7. The maximum Gasteiger partial charge on any atom is 0.422 e. The molecule has 5 rings (SSSR count). The Hall–Kier alpha value is -3.75. The van der Waals surface area contributed by atoms with Gasteiger partial charge in [0, 0.05) is 30.8 Å². The quantitative estimate of drug-likeness (QED) is 0.486. The van der Waals surface area contributed by atoms with E-state index in [1.165, 1.54) is 22.9 Å². The molecule has 1 atom stereocenters. The van der Waals surface area contributed by atoms with Crippen molar-refractivity contribution in [1.29, 1.82) is 5.26 Å². The summed E-state index contributed by atoms with van der Waals surface area (Å²) in [6.45, 7) is 6.32. The second-order valence-corrected chi connectivity index (χ2v) is 12.8. The molecular formula is C31H37N5O5S. The first-order valence-corrected chi connectivity index (χ1v) is 15.4. The van der Waals surface area contributed by atoms with Gasteiger partial charge < -0.3 is 19.3 Å². The standard InChI is InChI=1S/C31H37N5O5S/c1-31(2,3)41-29(38)33-36(17-28(37)35-20-42-19-22(35)16-32)21-12-14-34(15-13-21)30(39)40-18-27-25-10-6-4-8-23(25)24-9-5-7-11-26(24)27/h4-11,21-22,27H,12-15,17-20H2,1-3H3,(H,33,38). The number of ether oxygens (including phenoxy) is 2. The lowest BCUT2D eigenvalue weighted by molar-refractivity contribution is -0.133. The normalized spacial score (nSPS) is 18.8. The van der Waals surface area contributed by atoms with Gasteiger partial charge >= 0.3 is 12.2 Å². The SMILES string of the molecule is CC(C)(C)OC(=O)NN(CC(=O)N1CSCC1C#N)C1CCN(C(=O)OCC2c3ccccc3-c3ccccc32)CC1. The lowest BCUT2D eigenvalue weighted by Crippen LogP contribution is -2.57. The fraction of sp³-hybridized carbons (Fsp3) is 0.484. The third kappa shape index (κ3) is 6.66. The van der Waals surface area contributed by atoms with E-state index in [2.05, 4.69) is 35.8 Å². The number of benzene rings is 2. The number of nitriles is 1. The van der Waals surface area contributed by atoms with Gasteiger partial charge in [-0.25, -0.2) is 14.6 Å². The van der Waals surface area contributed by atoms with Crippen molar-refractivity contribution in [3.05, 3.63) is 59.7 Å². The minimum Gasteiger partial charge on any atom is -0.448 e. The number of amides is 3. The average Bonchev–Trinajstić information content (AvgIpc) is 3.58. The largest absolute Gasteiger partial charge is 0.448 e. The molecule has 11 heteroatoms. The number of fused-ring (bicyclic) bond motifs is 3. The van der Waals surface area contributed by atoms with Gasteiger partial charge in [0.05, 0.1) is 18.5 Å². The van der Waals surface area contributed by atoms with Crippen LogP contribution in [0.1, 0.15) is 50.7 Å². The van der Waals surface area contributed by atoms with E-state index in [0.29, 0.717) is 37.6 Å². The van der Waals surface area contributed by atoms with Gasteiger partial charge in [0.15, 0.2) is 0 Å². The molecule has 10 nitrogen and oxygen atoms in total. The molecule has 1 aliphatic carbocycles. The van der Waals surface area contributed by atoms with Crippen molar-refractivity contribution < 1.29 is 23.9 Å². The summed E-state index contributed by atoms with van der Waals surface area (Å²) < 4.78 is 11.3. The highest BCUT2D eigenvalue weighted by Gasteiger charge is 2.35.